The zero-order chi connectivity index (χ0) is 10.7. The van der Waals surface area contributed by atoms with Crippen LogP contribution in [0.3, 0.4) is 0 Å². The Kier molecular flexibility index (Phi) is 3.18. The molecule has 0 fully saturated rings. The van der Waals surface area contributed by atoms with Gasteiger partial charge in [-0.25, -0.2) is 4.39 Å². The predicted molar refractivity (Wildman–Crippen MR) is 54.0 cm³/mol. The molecular weight excluding hydrogens is 197 g/mol. The van der Waals surface area contributed by atoms with Crippen molar-refractivity contribution in [2.75, 3.05) is 13.7 Å². The Morgan fingerprint density at radius 3 is 3.20 bits per heavy atom. The Balaban J connectivity index is 2.36. The fourth-order valence-corrected chi connectivity index (χ4v) is 1.83. The summed E-state index contributed by atoms with van der Waals surface area (Å²) in [6.45, 7) is 0.551. The van der Waals surface area contributed by atoms with Gasteiger partial charge in [-0.15, -0.1) is 0 Å². The molecule has 2 rings (SSSR count). The molecule has 3 nitrogen and oxygen atoms in total. The molecule has 0 saturated carbocycles. The zero-order valence-electron chi connectivity index (χ0n) is 8.63. The summed E-state index contributed by atoms with van der Waals surface area (Å²) >= 11 is 0. The van der Waals surface area contributed by atoms with Crippen LogP contribution in [-0.2, 0) is 4.84 Å². The molecule has 1 unspecified atom stereocenters. The second-order valence-electron chi connectivity index (χ2n) is 3.52. The van der Waals surface area contributed by atoms with Crippen LogP contribution >= 0.6 is 0 Å². The molecule has 1 aromatic rings. The van der Waals surface area contributed by atoms with Crippen molar-refractivity contribution in [3.05, 3.63) is 29.6 Å². The van der Waals surface area contributed by atoms with Crippen LogP contribution in [-0.4, -0.2) is 13.7 Å². The van der Waals surface area contributed by atoms with Gasteiger partial charge in [-0.05, 0) is 18.9 Å². The SMILES string of the molecule is CONC1CCCOc2c(F)cccc21. The molecule has 0 spiro atoms. The van der Waals surface area contributed by atoms with E-state index in [1.807, 2.05) is 6.07 Å². The van der Waals surface area contributed by atoms with Crippen LogP contribution in [0.4, 0.5) is 4.39 Å². The molecule has 1 atom stereocenters. The summed E-state index contributed by atoms with van der Waals surface area (Å²) < 4.78 is 18.9. The normalized spacial score (nSPS) is 20.3. The molecule has 1 N–H and O–H groups in total. The highest BCUT2D eigenvalue weighted by atomic mass is 19.1. The minimum atomic E-state index is -0.308. The van der Waals surface area contributed by atoms with Crippen LogP contribution in [0, 0.1) is 5.82 Å². The first-order valence-electron chi connectivity index (χ1n) is 5.02. The Hall–Kier alpha value is -1.13. The smallest absolute Gasteiger partial charge is 0.165 e. The molecule has 0 saturated heterocycles. The number of ether oxygens (including phenoxy) is 1. The Morgan fingerprint density at radius 2 is 2.40 bits per heavy atom. The first-order valence-corrected chi connectivity index (χ1v) is 5.02. The highest BCUT2D eigenvalue weighted by molar-refractivity contribution is 5.37. The van der Waals surface area contributed by atoms with Crippen LogP contribution < -0.4 is 10.2 Å². The van der Waals surface area contributed by atoms with E-state index < -0.39 is 0 Å². The van der Waals surface area contributed by atoms with Gasteiger partial charge in [-0.1, -0.05) is 12.1 Å². The average Bonchev–Trinajstić information content (AvgIpc) is 2.43. The number of benzene rings is 1. The summed E-state index contributed by atoms with van der Waals surface area (Å²) in [5, 5.41) is 0. The lowest BCUT2D eigenvalue weighted by Crippen LogP contribution is -2.19. The number of rotatable bonds is 2. The first kappa shape index (κ1) is 10.4. The molecule has 15 heavy (non-hydrogen) atoms. The second-order valence-corrected chi connectivity index (χ2v) is 3.52. The molecule has 1 aliphatic rings. The minimum absolute atomic E-state index is 0.00296. The highest BCUT2D eigenvalue weighted by Gasteiger charge is 2.21. The third-order valence-corrected chi connectivity index (χ3v) is 2.52. The van der Waals surface area contributed by atoms with E-state index in [9.17, 15) is 4.39 Å². The Bertz CT molecular complexity index is 343. The lowest BCUT2D eigenvalue weighted by molar-refractivity contribution is 0.0579. The van der Waals surface area contributed by atoms with E-state index in [-0.39, 0.29) is 11.9 Å². The van der Waals surface area contributed by atoms with Crippen LogP contribution in [0.5, 0.6) is 5.75 Å². The third-order valence-electron chi connectivity index (χ3n) is 2.52. The zero-order valence-corrected chi connectivity index (χ0v) is 8.63. The van der Waals surface area contributed by atoms with E-state index in [0.29, 0.717) is 12.4 Å². The largest absolute Gasteiger partial charge is 0.490 e. The predicted octanol–water partition coefficient (Wildman–Crippen LogP) is 2.19. The van der Waals surface area contributed by atoms with Crippen LogP contribution in [0.15, 0.2) is 18.2 Å². The van der Waals surface area contributed by atoms with E-state index in [2.05, 4.69) is 5.48 Å². The lowest BCUT2D eigenvalue weighted by Gasteiger charge is -2.16. The summed E-state index contributed by atoms with van der Waals surface area (Å²) in [6, 6.07) is 4.96. The van der Waals surface area contributed by atoms with Crippen LogP contribution in [0.1, 0.15) is 24.4 Å². The van der Waals surface area contributed by atoms with Crippen molar-refractivity contribution in [1.29, 1.82) is 0 Å². The van der Waals surface area contributed by atoms with Gasteiger partial charge in [-0.3, -0.25) is 0 Å². The standard InChI is InChI=1S/C11H14FNO2/c1-14-13-10-6-3-7-15-11-8(10)4-2-5-9(11)12/h2,4-5,10,13H,3,6-7H2,1H3. The fourth-order valence-electron chi connectivity index (χ4n) is 1.83. The second kappa shape index (κ2) is 4.59. The first-order chi connectivity index (χ1) is 7.33. The highest BCUT2D eigenvalue weighted by Crippen LogP contribution is 2.33. The van der Waals surface area contributed by atoms with E-state index in [1.165, 1.54) is 6.07 Å². The maximum Gasteiger partial charge on any atom is 0.165 e. The van der Waals surface area contributed by atoms with Crippen molar-refractivity contribution >= 4 is 0 Å². The van der Waals surface area contributed by atoms with E-state index in [4.69, 9.17) is 9.57 Å². The molecule has 1 aromatic carbocycles. The monoisotopic (exact) mass is 211 g/mol. The molecule has 0 amide bonds. The van der Waals surface area contributed by atoms with Crippen molar-refractivity contribution in [1.82, 2.24) is 5.48 Å². The quantitative estimate of drug-likeness (QED) is 0.761. The van der Waals surface area contributed by atoms with Crippen molar-refractivity contribution in [2.45, 2.75) is 18.9 Å². The lowest BCUT2D eigenvalue weighted by atomic mass is 10.0. The minimum Gasteiger partial charge on any atom is -0.490 e. The number of hydrogen-bond acceptors (Lipinski definition) is 3. The van der Waals surface area contributed by atoms with Gasteiger partial charge >= 0.3 is 0 Å². The maximum atomic E-state index is 13.5. The Labute approximate surface area is 88.1 Å². The summed E-state index contributed by atoms with van der Waals surface area (Å²) in [7, 11) is 1.56. The van der Waals surface area contributed by atoms with Gasteiger partial charge in [0.1, 0.15) is 0 Å². The molecule has 1 heterocycles. The van der Waals surface area contributed by atoms with Gasteiger partial charge in [0.25, 0.3) is 0 Å². The van der Waals surface area contributed by atoms with Gasteiger partial charge < -0.3 is 9.57 Å². The molecule has 0 radical (unpaired) electrons. The maximum absolute atomic E-state index is 13.5. The van der Waals surface area contributed by atoms with E-state index in [0.717, 1.165) is 18.4 Å². The number of halogens is 1. The van der Waals surface area contributed by atoms with Crippen LogP contribution in [0.25, 0.3) is 0 Å². The van der Waals surface area contributed by atoms with E-state index in [1.54, 1.807) is 13.2 Å². The van der Waals surface area contributed by atoms with Crippen molar-refractivity contribution in [2.24, 2.45) is 0 Å². The van der Waals surface area contributed by atoms with Gasteiger partial charge in [0, 0.05) is 5.56 Å². The molecule has 0 bridgehead atoms. The molecule has 4 heteroatoms. The van der Waals surface area contributed by atoms with Crippen molar-refractivity contribution in [3.8, 4) is 5.75 Å². The summed E-state index contributed by atoms with van der Waals surface area (Å²) in [5.74, 6) is 0.0434. The van der Waals surface area contributed by atoms with Gasteiger partial charge in [0.15, 0.2) is 11.6 Å². The Morgan fingerprint density at radius 1 is 1.53 bits per heavy atom. The van der Waals surface area contributed by atoms with Gasteiger partial charge in [0.2, 0.25) is 0 Å². The van der Waals surface area contributed by atoms with Gasteiger partial charge in [-0.2, -0.15) is 5.48 Å². The molecule has 0 aromatic heterocycles. The van der Waals surface area contributed by atoms with Crippen LogP contribution in [0.2, 0.25) is 0 Å². The molecule has 0 aliphatic carbocycles. The number of para-hydroxylation sites is 1. The van der Waals surface area contributed by atoms with Crippen molar-refractivity contribution < 1.29 is 14.0 Å². The number of fused-ring (bicyclic) bond motifs is 1. The summed E-state index contributed by atoms with van der Waals surface area (Å²) in [4.78, 5) is 4.91. The summed E-state index contributed by atoms with van der Waals surface area (Å²) in [6.07, 6.45) is 1.76. The molecular formula is C11H14FNO2. The molecule has 1 aliphatic heterocycles. The van der Waals surface area contributed by atoms with Gasteiger partial charge in [0.05, 0.1) is 19.8 Å². The number of hydrogen-bond donors (Lipinski definition) is 1. The average molecular weight is 211 g/mol. The fraction of sp³-hybridized carbons (Fsp3) is 0.455. The molecule has 82 valence electrons. The number of nitrogens with one attached hydrogen (secondary N) is 1. The third kappa shape index (κ3) is 2.11. The van der Waals surface area contributed by atoms with Crippen molar-refractivity contribution in [3.63, 3.8) is 0 Å². The van der Waals surface area contributed by atoms with E-state index >= 15 is 0 Å². The summed E-state index contributed by atoms with van der Waals surface area (Å²) in [5.41, 5.74) is 3.69. The topological polar surface area (TPSA) is 30.5 Å². The number of hydroxylamine groups is 1.